The van der Waals surface area contributed by atoms with E-state index in [9.17, 15) is 24.8 Å². The summed E-state index contributed by atoms with van der Waals surface area (Å²) in [5.41, 5.74) is 1.08. The van der Waals surface area contributed by atoms with E-state index in [1.165, 1.54) is 24.3 Å². The molecule has 2 atom stereocenters. The number of ether oxygens (including phenoxy) is 1. The van der Waals surface area contributed by atoms with Crippen LogP contribution in [0, 0.1) is 16.0 Å². The molecule has 9 nitrogen and oxygen atoms in total. The lowest BCUT2D eigenvalue weighted by atomic mass is 10.1. The molecule has 1 saturated heterocycles. The molecule has 0 bridgehead atoms. The maximum atomic E-state index is 12.5. The molecule has 1 fully saturated rings. The summed E-state index contributed by atoms with van der Waals surface area (Å²) in [7, 11) is 0. The summed E-state index contributed by atoms with van der Waals surface area (Å²) in [6.07, 6.45) is -0.916. The minimum absolute atomic E-state index is 0.0512. The zero-order valence-electron chi connectivity index (χ0n) is 16.5. The van der Waals surface area contributed by atoms with Gasteiger partial charge in [-0.3, -0.25) is 19.7 Å². The van der Waals surface area contributed by atoms with Gasteiger partial charge in [-0.25, -0.2) is 0 Å². The predicted octanol–water partition coefficient (Wildman–Crippen LogP) is 2.20. The molecule has 1 aliphatic heterocycles. The standard InChI is InChI=1S/C21H23N3O6/c1-2-30-18-9-7-16(8-10-18)23-13-15(11-20(23)26)21(27)22-12-19(25)14-3-5-17(6-4-14)24(28)29/h3-10,15,19,25H,2,11-13H2,1H3,(H,22,27)/t15-,19-/m0/s1. The molecule has 1 heterocycles. The zero-order valence-corrected chi connectivity index (χ0v) is 16.5. The molecule has 2 N–H and O–H groups in total. The van der Waals surface area contributed by atoms with Gasteiger partial charge >= 0.3 is 0 Å². The van der Waals surface area contributed by atoms with Crippen LogP contribution in [-0.2, 0) is 9.59 Å². The van der Waals surface area contributed by atoms with Crippen molar-refractivity contribution in [2.45, 2.75) is 19.4 Å². The van der Waals surface area contributed by atoms with Gasteiger partial charge in [0.2, 0.25) is 11.8 Å². The lowest BCUT2D eigenvalue weighted by Crippen LogP contribution is -2.35. The molecule has 0 aliphatic carbocycles. The third-order valence-electron chi connectivity index (χ3n) is 4.91. The molecule has 30 heavy (non-hydrogen) atoms. The lowest BCUT2D eigenvalue weighted by molar-refractivity contribution is -0.384. The Hall–Kier alpha value is -3.46. The molecule has 158 valence electrons. The summed E-state index contributed by atoms with van der Waals surface area (Å²) in [5, 5.41) is 23.6. The summed E-state index contributed by atoms with van der Waals surface area (Å²) < 4.78 is 5.39. The molecule has 2 aromatic carbocycles. The Morgan fingerprint density at radius 3 is 2.53 bits per heavy atom. The Morgan fingerprint density at radius 2 is 1.93 bits per heavy atom. The van der Waals surface area contributed by atoms with Crippen LogP contribution in [0.4, 0.5) is 11.4 Å². The Morgan fingerprint density at radius 1 is 1.27 bits per heavy atom. The van der Waals surface area contributed by atoms with Gasteiger partial charge in [0.05, 0.1) is 23.6 Å². The Bertz CT molecular complexity index is 913. The number of nitrogens with zero attached hydrogens (tertiary/aromatic N) is 2. The Labute approximate surface area is 173 Å². The highest BCUT2D eigenvalue weighted by molar-refractivity contribution is 6.00. The van der Waals surface area contributed by atoms with Crippen LogP contribution in [0.25, 0.3) is 0 Å². The van der Waals surface area contributed by atoms with Gasteiger partial charge in [0, 0.05) is 37.3 Å². The summed E-state index contributed by atoms with van der Waals surface area (Å²) in [6.45, 7) is 2.65. The van der Waals surface area contributed by atoms with Crippen molar-refractivity contribution < 1.29 is 24.4 Å². The van der Waals surface area contributed by atoms with Gasteiger partial charge in [-0.15, -0.1) is 0 Å². The van der Waals surface area contributed by atoms with Crippen molar-refractivity contribution in [1.29, 1.82) is 0 Å². The van der Waals surface area contributed by atoms with Crippen molar-refractivity contribution >= 4 is 23.2 Å². The number of non-ortho nitro benzene ring substituents is 1. The molecule has 3 rings (SSSR count). The van der Waals surface area contributed by atoms with Crippen molar-refractivity contribution in [3.05, 3.63) is 64.2 Å². The maximum absolute atomic E-state index is 12.5. The summed E-state index contributed by atoms with van der Waals surface area (Å²) >= 11 is 0. The number of hydrogen-bond donors (Lipinski definition) is 2. The number of carbonyl (C=O) groups excluding carboxylic acids is 2. The van der Waals surface area contributed by atoms with E-state index in [-0.39, 0.29) is 37.0 Å². The number of carbonyl (C=O) groups is 2. The molecule has 2 aromatic rings. The van der Waals surface area contributed by atoms with Gasteiger partial charge in [0.1, 0.15) is 5.75 Å². The second-order valence-corrected chi connectivity index (χ2v) is 6.94. The number of amides is 2. The highest BCUT2D eigenvalue weighted by Crippen LogP contribution is 2.27. The number of rotatable bonds is 8. The molecule has 2 amide bonds. The molecule has 0 radical (unpaired) electrons. The summed E-state index contributed by atoms with van der Waals surface area (Å²) in [5.74, 6) is -0.275. The van der Waals surface area contributed by atoms with Crippen LogP contribution in [0.1, 0.15) is 25.0 Å². The highest BCUT2D eigenvalue weighted by atomic mass is 16.6. The van der Waals surface area contributed by atoms with Crippen LogP contribution in [0.5, 0.6) is 5.75 Å². The van der Waals surface area contributed by atoms with Gasteiger partial charge in [0.25, 0.3) is 5.69 Å². The van der Waals surface area contributed by atoms with E-state index >= 15 is 0 Å². The number of nitrogens with one attached hydrogen (secondary N) is 1. The van der Waals surface area contributed by atoms with Gasteiger partial charge in [-0.05, 0) is 48.9 Å². The first kappa shape index (κ1) is 21.3. The summed E-state index contributed by atoms with van der Waals surface area (Å²) in [4.78, 5) is 36.6. The zero-order chi connectivity index (χ0) is 21.7. The number of anilines is 1. The van der Waals surface area contributed by atoms with Gasteiger partial charge in [-0.1, -0.05) is 0 Å². The monoisotopic (exact) mass is 413 g/mol. The average molecular weight is 413 g/mol. The summed E-state index contributed by atoms with van der Waals surface area (Å²) in [6, 6.07) is 12.6. The first-order valence-electron chi connectivity index (χ1n) is 9.62. The van der Waals surface area contributed by atoms with Crippen LogP contribution in [0.3, 0.4) is 0 Å². The van der Waals surface area contributed by atoms with Crippen molar-refractivity contribution in [2.24, 2.45) is 5.92 Å². The normalized spacial score (nSPS) is 16.9. The number of hydrogen-bond acceptors (Lipinski definition) is 6. The highest BCUT2D eigenvalue weighted by Gasteiger charge is 2.35. The molecule has 0 aromatic heterocycles. The number of nitro groups is 1. The molecule has 9 heteroatoms. The van der Waals surface area contributed by atoms with E-state index in [2.05, 4.69) is 5.32 Å². The number of aliphatic hydroxyl groups is 1. The van der Waals surface area contributed by atoms with Gasteiger partial charge < -0.3 is 20.1 Å². The van der Waals surface area contributed by atoms with Crippen molar-refractivity contribution in [3.8, 4) is 5.75 Å². The Balaban J connectivity index is 1.54. The van der Waals surface area contributed by atoms with E-state index in [1.807, 2.05) is 6.92 Å². The number of nitro benzene ring substituents is 1. The van der Waals surface area contributed by atoms with Crippen molar-refractivity contribution in [2.75, 3.05) is 24.6 Å². The van der Waals surface area contributed by atoms with Crippen LogP contribution < -0.4 is 15.0 Å². The van der Waals surface area contributed by atoms with Crippen LogP contribution in [-0.4, -0.2) is 41.5 Å². The maximum Gasteiger partial charge on any atom is 0.269 e. The van der Waals surface area contributed by atoms with E-state index in [0.29, 0.717) is 23.6 Å². The number of benzene rings is 2. The third-order valence-corrected chi connectivity index (χ3v) is 4.91. The van der Waals surface area contributed by atoms with Crippen molar-refractivity contribution in [3.63, 3.8) is 0 Å². The second kappa shape index (κ2) is 9.36. The van der Waals surface area contributed by atoms with Crippen LogP contribution >= 0.6 is 0 Å². The minimum atomic E-state index is -1.01. The SMILES string of the molecule is CCOc1ccc(N2C[C@@H](C(=O)NC[C@H](O)c3ccc([N+](=O)[O-])cc3)CC2=O)cc1. The second-order valence-electron chi connectivity index (χ2n) is 6.94. The lowest BCUT2D eigenvalue weighted by Gasteiger charge is -2.18. The minimum Gasteiger partial charge on any atom is -0.494 e. The van der Waals surface area contributed by atoms with Crippen molar-refractivity contribution in [1.82, 2.24) is 5.32 Å². The first-order chi connectivity index (χ1) is 14.4. The predicted molar refractivity (Wildman–Crippen MR) is 109 cm³/mol. The molecule has 0 saturated carbocycles. The quantitative estimate of drug-likeness (QED) is 0.505. The fraction of sp³-hybridized carbons (Fsp3) is 0.333. The molecular weight excluding hydrogens is 390 g/mol. The first-order valence-corrected chi connectivity index (χ1v) is 9.62. The van der Waals surface area contributed by atoms with E-state index in [0.717, 1.165) is 0 Å². The molecular formula is C21H23N3O6. The molecule has 0 spiro atoms. The van der Waals surface area contributed by atoms with E-state index < -0.39 is 16.9 Å². The van der Waals surface area contributed by atoms with Crippen LogP contribution in [0.15, 0.2) is 48.5 Å². The van der Waals surface area contributed by atoms with Gasteiger partial charge in [-0.2, -0.15) is 0 Å². The van der Waals surface area contributed by atoms with Crippen LogP contribution in [0.2, 0.25) is 0 Å². The number of aliphatic hydroxyl groups excluding tert-OH is 1. The van der Waals surface area contributed by atoms with E-state index in [4.69, 9.17) is 4.74 Å². The largest absolute Gasteiger partial charge is 0.494 e. The van der Waals surface area contributed by atoms with Gasteiger partial charge in [0.15, 0.2) is 0 Å². The average Bonchev–Trinajstić information content (AvgIpc) is 3.14. The molecule has 0 unspecified atom stereocenters. The topological polar surface area (TPSA) is 122 Å². The fourth-order valence-corrected chi connectivity index (χ4v) is 3.30. The third kappa shape index (κ3) is 4.93. The van der Waals surface area contributed by atoms with E-state index in [1.54, 1.807) is 29.2 Å². The Kier molecular flexibility index (Phi) is 6.63. The smallest absolute Gasteiger partial charge is 0.269 e. The molecule has 1 aliphatic rings. The fourth-order valence-electron chi connectivity index (χ4n) is 3.30.